The Bertz CT molecular complexity index is 614. The van der Waals surface area contributed by atoms with Gasteiger partial charge < -0.3 is 4.74 Å². The molecular weight excluding hydrogens is 260 g/mol. The molecule has 2 heteroatoms. The number of hydrogen-bond donors (Lipinski definition) is 0. The van der Waals surface area contributed by atoms with E-state index in [1.165, 1.54) is 29.5 Å². The van der Waals surface area contributed by atoms with Crippen LogP contribution >= 0.6 is 0 Å². The van der Waals surface area contributed by atoms with Crippen LogP contribution in [-0.2, 0) is 11.2 Å². The fraction of sp³-hybridized carbons (Fsp3) is 0.526. The van der Waals surface area contributed by atoms with Crippen LogP contribution in [0.2, 0.25) is 0 Å². The molecule has 0 heterocycles. The zero-order valence-corrected chi connectivity index (χ0v) is 12.6. The summed E-state index contributed by atoms with van der Waals surface area (Å²) in [4.78, 5) is 12.0. The second kappa shape index (κ2) is 5.01. The maximum Gasteiger partial charge on any atom is 0.143 e. The van der Waals surface area contributed by atoms with Crippen LogP contribution in [0.5, 0.6) is 5.75 Å². The van der Waals surface area contributed by atoms with E-state index in [-0.39, 0.29) is 5.92 Å². The van der Waals surface area contributed by atoms with Crippen LogP contribution in [0.25, 0.3) is 0 Å². The van der Waals surface area contributed by atoms with Gasteiger partial charge in [-0.2, -0.15) is 0 Å². The molecule has 1 aromatic carbocycles. The van der Waals surface area contributed by atoms with Crippen molar-refractivity contribution in [2.24, 2.45) is 11.8 Å². The van der Waals surface area contributed by atoms with Gasteiger partial charge in [-0.3, -0.25) is 4.79 Å². The van der Waals surface area contributed by atoms with Gasteiger partial charge in [-0.25, -0.2) is 0 Å². The third-order valence-corrected chi connectivity index (χ3v) is 5.56. The van der Waals surface area contributed by atoms with Gasteiger partial charge in [-0.05, 0) is 67.7 Å². The van der Waals surface area contributed by atoms with Gasteiger partial charge in [0, 0.05) is 12.3 Å². The first-order valence-electron chi connectivity index (χ1n) is 8.26. The van der Waals surface area contributed by atoms with Crippen LogP contribution in [0, 0.1) is 11.8 Å². The van der Waals surface area contributed by atoms with Crippen molar-refractivity contribution in [2.75, 3.05) is 6.61 Å². The van der Waals surface area contributed by atoms with E-state index in [1.807, 2.05) is 6.92 Å². The molecule has 21 heavy (non-hydrogen) atoms. The molecule has 0 aliphatic heterocycles. The van der Waals surface area contributed by atoms with Gasteiger partial charge in [0.1, 0.15) is 11.5 Å². The van der Waals surface area contributed by atoms with Crippen molar-refractivity contribution in [3.05, 3.63) is 41.0 Å². The molecule has 0 bridgehead atoms. The van der Waals surface area contributed by atoms with Gasteiger partial charge in [0.05, 0.1) is 6.61 Å². The fourth-order valence-corrected chi connectivity index (χ4v) is 4.67. The summed E-state index contributed by atoms with van der Waals surface area (Å²) in [6, 6.07) is 6.62. The zero-order valence-electron chi connectivity index (χ0n) is 12.6. The summed E-state index contributed by atoms with van der Waals surface area (Å²) in [7, 11) is 0. The van der Waals surface area contributed by atoms with Crippen LogP contribution in [0.4, 0.5) is 0 Å². The Labute approximate surface area is 126 Å². The molecule has 0 amide bonds. The molecule has 3 atom stereocenters. The molecule has 0 aromatic heterocycles. The molecule has 0 N–H and O–H groups in total. The lowest BCUT2D eigenvalue weighted by Crippen LogP contribution is -2.31. The first kappa shape index (κ1) is 13.1. The van der Waals surface area contributed by atoms with E-state index in [0.29, 0.717) is 24.0 Å². The number of Topliss-reactive ketones (excluding diaryl/α,β-unsaturated/α-hetero) is 1. The molecule has 3 aliphatic rings. The molecule has 0 radical (unpaired) electrons. The van der Waals surface area contributed by atoms with E-state index >= 15 is 0 Å². The SMILES string of the molecule is CCOc1ccc2c(c1)CC[C@H]1C3=CCC(=O)[C@H]3CC[C@H]21. The van der Waals surface area contributed by atoms with Crippen LogP contribution in [0.1, 0.15) is 49.7 Å². The number of hydrogen-bond acceptors (Lipinski definition) is 2. The highest BCUT2D eigenvalue weighted by Gasteiger charge is 2.42. The number of ketones is 1. The Morgan fingerprint density at radius 1 is 1.19 bits per heavy atom. The number of carbonyl (C=O) groups excluding carboxylic acids is 1. The third kappa shape index (κ3) is 2.04. The predicted molar refractivity (Wildman–Crippen MR) is 82.6 cm³/mol. The summed E-state index contributed by atoms with van der Waals surface area (Å²) in [6.45, 7) is 2.75. The molecule has 4 rings (SSSR count). The van der Waals surface area contributed by atoms with Crippen molar-refractivity contribution >= 4 is 5.78 Å². The largest absolute Gasteiger partial charge is 0.494 e. The molecule has 1 saturated carbocycles. The summed E-state index contributed by atoms with van der Waals surface area (Å²) in [5.41, 5.74) is 4.44. The molecule has 2 nitrogen and oxygen atoms in total. The van der Waals surface area contributed by atoms with Gasteiger partial charge in [-0.1, -0.05) is 17.7 Å². The van der Waals surface area contributed by atoms with Gasteiger partial charge >= 0.3 is 0 Å². The minimum atomic E-state index is 0.260. The van der Waals surface area contributed by atoms with E-state index < -0.39 is 0 Å². The number of rotatable bonds is 2. The molecule has 3 aliphatic carbocycles. The summed E-state index contributed by atoms with van der Waals surface area (Å²) < 4.78 is 5.64. The highest BCUT2D eigenvalue weighted by molar-refractivity contribution is 5.88. The van der Waals surface area contributed by atoms with Crippen LogP contribution in [-0.4, -0.2) is 12.4 Å². The molecule has 110 valence electrons. The molecular formula is C19H22O2. The summed E-state index contributed by atoms with van der Waals surface area (Å²) >= 11 is 0. The predicted octanol–water partition coefficient (Wildman–Crippen LogP) is 4.04. The van der Waals surface area contributed by atoms with Crippen molar-refractivity contribution in [3.8, 4) is 5.75 Å². The number of ether oxygens (including phenoxy) is 1. The molecule has 0 spiro atoms. The Balaban J connectivity index is 1.66. The quantitative estimate of drug-likeness (QED) is 0.765. The Kier molecular flexibility index (Phi) is 3.13. The Morgan fingerprint density at radius 3 is 2.95 bits per heavy atom. The first-order chi connectivity index (χ1) is 10.3. The number of fused-ring (bicyclic) bond motifs is 5. The van der Waals surface area contributed by atoms with E-state index in [4.69, 9.17) is 4.74 Å². The summed E-state index contributed by atoms with van der Waals surface area (Å²) in [5, 5.41) is 0. The van der Waals surface area contributed by atoms with Crippen molar-refractivity contribution in [3.63, 3.8) is 0 Å². The second-order valence-corrected chi connectivity index (χ2v) is 6.55. The molecule has 1 aromatic rings. The highest BCUT2D eigenvalue weighted by atomic mass is 16.5. The van der Waals surface area contributed by atoms with Gasteiger partial charge in [0.25, 0.3) is 0 Å². The maximum atomic E-state index is 12.0. The van der Waals surface area contributed by atoms with Crippen molar-refractivity contribution in [2.45, 2.75) is 44.9 Å². The summed E-state index contributed by atoms with van der Waals surface area (Å²) in [6.07, 6.45) is 7.46. The van der Waals surface area contributed by atoms with Gasteiger partial charge in [-0.15, -0.1) is 0 Å². The van der Waals surface area contributed by atoms with Crippen LogP contribution < -0.4 is 4.74 Å². The van der Waals surface area contributed by atoms with Crippen molar-refractivity contribution < 1.29 is 9.53 Å². The monoisotopic (exact) mass is 282 g/mol. The van der Waals surface area contributed by atoms with E-state index in [1.54, 1.807) is 0 Å². The summed E-state index contributed by atoms with van der Waals surface area (Å²) in [5.74, 6) is 2.95. The normalized spacial score (nSPS) is 30.2. The number of carbonyl (C=O) groups is 1. The number of allylic oxidation sites excluding steroid dienone is 2. The van der Waals surface area contributed by atoms with Crippen molar-refractivity contribution in [1.82, 2.24) is 0 Å². The third-order valence-electron chi connectivity index (χ3n) is 5.56. The average molecular weight is 282 g/mol. The lowest BCUT2D eigenvalue weighted by atomic mass is 9.63. The lowest BCUT2D eigenvalue weighted by molar-refractivity contribution is -0.120. The molecule has 0 saturated heterocycles. The van der Waals surface area contributed by atoms with Gasteiger partial charge in [0.15, 0.2) is 0 Å². The maximum absolute atomic E-state index is 12.0. The Hall–Kier alpha value is -1.57. The van der Waals surface area contributed by atoms with Gasteiger partial charge in [0.2, 0.25) is 0 Å². The van der Waals surface area contributed by atoms with E-state index in [2.05, 4.69) is 24.3 Å². The minimum Gasteiger partial charge on any atom is -0.494 e. The van der Waals surface area contributed by atoms with Crippen molar-refractivity contribution in [1.29, 1.82) is 0 Å². The smallest absolute Gasteiger partial charge is 0.143 e. The highest BCUT2D eigenvalue weighted by Crippen LogP contribution is 2.52. The fourth-order valence-electron chi connectivity index (χ4n) is 4.67. The average Bonchev–Trinajstić information content (AvgIpc) is 2.89. The van der Waals surface area contributed by atoms with Crippen LogP contribution in [0.15, 0.2) is 29.8 Å². The molecule has 0 unspecified atom stereocenters. The lowest BCUT2D eigenvalue weighted by Gasteiger charge is -2.41. The zero-order chi connectivity index (χ0) is 14.4. The minimum absolute atomic E-state index is 0.260. The molecule has 1 fully saturated rings. The van der Waals surface area contributed by atoms with E-state index in [0.717, 1.165) is 25.2 Å². The topological polar surface area (TPSA) is 26.3 Å². The standard InChI is InChI=1S/C19H22O2/c1-2-21-13-4-6-14-12(11-13)3-5-16-15(14)7-8-18-17(16)9-10-19(18)20/h4,6,9,11,15-16,18H,2-3,5,7-8,10H2,1H3/t15-,16-,18+/m1/s1. The Morgan fingerprint density at radius 2 is 2.10 bits per heavy atom. The number of benzene rings is 1. The first-order valence-corrected chi connectivity index (χ1v) is 8.26. The van der Waals surface area contributed by atoms with E-state index in [9.17, 15) is 4.79 Å². The second-order valence-electron chi connectivity index (χ2n) is 6.55. The number of aryl methyl sites for hydroxylation is 1. The van der Waals surface area contributed by atoms with Crippen LogP contribution in [0.3, 0.4) is 0 Å².